The largest absolute Gasteiger partial charge is 0.389 e. The molecule has 0 aliphatic heterocycles. The van der Waals surface area contributed by atoms with Crippen LogP contribution in [0.25, 0.3) is 11.2 Å². The first-order chi connectivity index (χ1) is 10.5. The molecule has 2 aromatic rings. The molecule has 0 bridgehead atoms. The van der Waals surface area contributed by atoms with Crippen molar-refractivity contribution in [3.8, 4) is 0 Å². The molecule has 2 saturated carbocycles. The van der Waals surface area contributed by atoms with E-state index in [0.29, 0.717) is 12.1 Å². The third-order valence-electron chi connectivity index (χ3n) is 5.01. The molecule has 2 aromatic heterocycles. The Balaban J connectivity index is 1.82. The minimum Gasteiger partial charge on any atom is -0.389 e. The summed E-state index contributed by atoms with van der Waals surface area (Å²) in [5.41, 5.74) is -0.830. The second-order valence-corrected chi connectivity index (χ2v) is 5.91. The van der Waals surface area contributed by atoms with Gasteiger partial charge in [-0.05, 0) is 6.42 Å². The summed E-state index contributed by atoms with van der Waals surface area (Å²) in [4.78, 5) is 34.4. The van der Waals surface area contributed by atoms with Crippen molar-refractivity contribution in [2.24, 2.45) is 11.3 Å². The van der Waals surface area contributed by atoms with Crippen LogP contribution in [0.2, 0.25) is 0 Å². The van der Waals surface area contributed by atoms with Gasteiger partial charge in [0.2, 0.25) is 5.91 Å². The zero-order valence-corrected chi connectivity index (χ0v) is 11.7. The monoisotopic (exact) mass is 305 g/mol. The third kappa shape index (κ3) is 1.39. The maximum atomic E-state index is 12.1. The minimum atomic E-state index is -1.15. The zero-order valence-electron chi connectivity index (χ0n) is 11.7. The van der Waals surface area contributed by atoms with Crippen LogP contribution in [0.5, 0.6) is 0 Å². The van der Waals surface area contributed by atoms with Crippen molar-refractivity contribution in [1.29, 1.82) is 0 Å². The fourth-order valence-corrected chi connectivity index (χ4v) is 3.87. The molecule has 2 aliphatic carbocycles. The molecule has 0 saturated heterocycles. The van der Waals surface area contributed by atoms with E-state index in [9.17, 15) is 19.8 Å². The van der Waals surface area contributed by atoms with Crippen LogP contribution in [-0.4, -0.2) is 54.9 Å². The first-order valence-corrected chi connectivity index (χ1v) is 7.01. The van der Waals surface area contributed by atoms with Crippen molar-refractivity contribution in [2.45, 2.75) is 24.7 Å². The van der Waals surface area contributed by atoms with Crippen LogP contribution in [-0.2, 0) is 4.79 Å². The van der Waals surface area contributed by atoms with Gasteiger partial charge in [0.15, 0.2) is 11.2 Å². The molecule has 2 fully saturated rings. The fraction of sp³-hybridized carbons (Fsp3) is 0.538. The highest BCUT2D eigenvalue weighted by Gasteiger charge is 2.75. The molecule has 0 spiro atoms. The number of fused-ring (bicyclic) bond motifs is 2. The molecular weight excluding hydrogens is 290 g/mol. The molecule has 4 N–H and O–H groups in total. The number of aliphatic hydroxyl groups excluding tert-OH is 2. The Morgan fingerprint density at radius 3 is 3.00 bits per heavy atom. The maximum absolute atomic E-state index is 12.1. The summed E-state index contributed by atoms with van der Waals surface area (Å²) in [6, 6.07) is -0.536. The van der Waals surface area contributed by atoms with E-state index in [2.05, 4.69) is 20.3 Å². The number of carbonyl (C=O) groups is 1. The van der Waals surface area contributed by atoms with Gasteiger partial charge in [0, 0.05) is 13.0 Å². The van der Waals surface area contributed by atoms with E-state index in [1.165, 1.54) is 19.7 Å². The second kappa shape index (κ2) is 4.14. The topological polar surface area (TPSA) is 133 Å². The molecule has 0 radical (unpaired) electrons. The van der Waals surface area contributed by atoms with Gasteiger partial charge in [-0.25, -0.2) is 9.97 Å². The van der Waals surface area contributed by atoms with Gasteiger partial charge in [-0.2, -0.15) is 0 Å². The van der Waals surface area contributed by atoms with E-state index < -0.39 is 23.7 Å². The summed E-state index contributed by atoms with van der Waals surface area (Å²) >= 11 is 0. The molecule has 2 heterocycles. The lowest BCUT2D eigenvalue weighted by molar-refractivity contribution is -0.132. The Morgan fingerprint density at radius 1 is 1.50 bits per heavy atom. The standard InChI is InChI=1S/C13H15N5O4/c1-14-12(22)13-2-5(13)7(8(19)9(13)20)18-4-17-6-10(18)15-3-16-11(6)21/h3-5,7-9,19-20H,2H2,1H3,(H,14,22)(H,15,16,21)/t5-,7-,8+,9+,13-/m1/s1. The lowest BCUT2D eigenvalue weighted by Crippen LogP contribution is -2.41. The summed E-state index contributed by atoms with van der Waals surface area (Å²) < 4.78 is 1.58. The smallest absolute Gasteiger partial charge is 0.278 e. The Labute approximate surface area is 124 Å². The highest BCUT2D eigenvalue weighted by atomic mass is 16.3. The first kappa shape index (κ1) is 13.4. The number of nitrogens with zero attached hydrogens (tertiary/aromatic N) is 3. The van der Waals surface area contributed by atoms with Gasteiger partial charge in [-0.1, -0.05) is 0 Å². The summed E-state index contributed by atoms with van der Waals surface area (Å²) in [5, 5.41) is 23.2. The molecule has 9 heteroatoms. The molecule has 2 aliphatic rings. The number of hydrogen-bond donors (Lipinski definition) is 4. The number of rotatable bonds is 2. The SMILES string of the molecule is CNC(=O)[C@]12C[C@@H]1[C@@H](n1cnc3c(=O)[nH]cnc31)[C@H](O)[C@@H]2O. The molecule has 0 aromatic carbocycles. The van der Waals surface area contributed by atoms with E-state index >= 15 is 0 Å². The molecule has 116 valence electrons. The van der Waals surface area contributed by atoms with Crippen molar-refractivity contribution in [2.75, 3.05) is 7.05 Å². The van der Waals surface area contributed by atoms with Gasteiger partial charge in [0.05, 0.1) is 30.2 Å². The average molecular weight is 305 g/mol. The van der Waals surface area contributed by atoms with E-state index in [1.54, 1.807) is 4.57 Å². The van der Waals surface area contributed by atoms with E-state index in [4.69, 9.17) is 0 Å². The predicted octanol–water partition coefficient (Wildman–Crippen LogP) is -1.85. The van der Waals surface area contributed by atoms with E-state index in [-0.39, 0.29) is 22.9 Å². The van der Waals surface area contributed by atoms with E-state index in [0.717, 1.165) is 0 Å². The highest BCUT2D eigenvalue weighted by molar-refractivity contribution is 5.87. The van der Waals surface area contributed by atoms with Crippen molar-refractivity contribution in [3.63, 3.8) is 0 Å². The van der Waals surface area contributed by atoms with Crippen molar-refractivity contribution in [1.82, 2.24) is 24.8 Å². The summed E-state index contributed by atoms with van der Waals surface area (Å²) in [7, 11) is 1.51. The van der Waals surface area contributed by atoms with Crippen LogP contribution in [0.1, 0.15) is 12.5 Å². The number of aliphatic hydroxyl groups is 2. The Kier molecular flexibility index (Phi) is 2.52. The van der Waals surface area contributed by atoms with Gasteiger partial charge >= 0.3 is 0 Å². The quantitative estimate of drug-likeness (QED) is 0.515. The van der Waals surface area contributed by atoms with Gasteiger partial charge in [0.25, 0.3) is 5.56 Å². The van der Waals surface area contributed by atoms with Crippen LogP contribution in [0.15, 0.2) is 17.4 Å². The zero-order chi connectivity index (χ0) is 15.6. The Morgan fingerprint density at radius 2 is 2.27 bits per heavy atom. The highest BCUT2D eigenvalue weighted by Crippen LogP contribution is 2.67. The Bertz CT molecular complexity index is 829. The number of H-pyrrole nitrogens is 1. The van der Waals surface area contributed by atoms with Crippen LogP contribution in [0, 0.1) is 11.3 Å². The number of nitrogens with one attached hydrogen (secondary N) is 2. The Hall–Kier alpha value is -2.26. The molecule has 5 atom stereocenters. The van der Waals surface area contributed by atoms with Crippen LogP contribution < -0.4 is 10.9 Å². The van der Waals surface area contributed by atoms with Crippen LogP contribution in [0.3, 0.4) is 0 Å². The molecular formula is C13H15N5O4. The molecule has 22 heavy (non-hydrogen) atoms. The number of amides is 1. The molecule has 0 unspecified atom stereocenters. The van der Waals surface area contributed by atoms with E-state index in [1.807, 2.05) is 0 Å². The van der Waals surface area contributed by atoms with Crippen molar-refractivity contribution >= 4 is 17.1 Å². The predicted molar refractivity (Wildman–Crippen MR) is 73.8 cm³/mol. The average Bonchev–Trinajstić information content (AvgIpc) is 3.04. The van der Waals surface area contributed by atoms with Crippen LogP contribution in [0.4, 0.5) is 0 Å². The summed E-state index contributed by atoms with van der Waals surface area (Å²) in [6.07, 6.45) is 0.903. The van der Waals surface area contributed by atoms with Crippen LogP contribution >= 0.6 is 0 Å². The van der Waals surface area contributed by atoms with Gasteiger partial charge in [-0.3, -0.25) is 9.59 Å². The van der Waals surface area contributed by atoms with Gasteiger partial charge in [0.1, 0.15) is 6.10 Å². The normalized spacial score (nSPS) is 36.3. The van der Waals surface area contributed by atoms with Crippen molar-refractivity contribution < 1.29 is 15.0 Å². The lowest BCUT2D eigenvalue weighted by Gasteiger charge is -2.23. The maximum Gasteiger partial charge on any atom is 0.278 e. The number of aromatic amines is 1. The first-order valence-electron chi connectivity index (χ1n) is 7.01. The minimum absolute atomic E-state index is 0.169. The lowest BCUT2D eigenvalue weighted by atomic mass is 9.98. The summed E-state index contributed by atoms with van der Waals surface area (Å²) in [5.74, 6) is -0.488. The molecule has 1 amide bonds. The van der Waals surface area contributed by atoms with Gasteiger partial charge in [-0.15, -0.1) is 0 Å². The molecule has 9 nitrogen and oxygen atoms in total. The fourth-order valence-electron chi connectivity index (χ4n) is 3.87. The van der Waals surface area contributed by atoms with Crippen molar-refractivity contribution in [3.05, 3.63) is 23.0 Å². The second-order valence-electron chi connectivity index (χ2n) is 5.91. The summed E-state index contributed by atoms with van der Waals surface area (Å²) in [6.45, 7) is 0. The van der Waals surface area contributed by atoms with Gasteiger partial charge < -0.3 is 25.1 Å². The third-order valence-corrected chi connectivity index (χ3v) is 5.01. The molecule has 4 rings (SSSR count). The number of hydrogen-bond acceptors (Lipinski definition) is 6. The number of imidazole rings is 1. The number of carbonyl (C=O) groups excluding carboxylic acids is 1. The number of aromatic nitrogens is 4.